The molecule has 0 aromatic heterocycles. The average Bonchev–Trinajstić information content (AvgIpc) is 2.90. The molecule has 1 unspecified atom stereocenters. The Kier molecular flexibility index (Phi) is 5.36. The third kappa shape index (κ3) is 4.00. The Morgan fingerprint density at radius 2 is 1.84 bits per heavy atom. The summed E-state index contributed by atoms with van der Waals surface area (Å²) in [6, 6.07) is 16.4. The van der Waals surface area contributed by atoms with Gasteiger partial charge in [0.25, 0.3) is 5.91 Å². The zero-order valence-corrected chi connectivity index (χ0v) is 14.4. The van der Waals surface area contributed by atoms with Crippen molar-refractivity contribution in [3.05, 3.63) is 70.7 Å². The van der Waals surface area contributed by atoms with Gasteiger partial charge in [-0.15, -0.1) is 0 Å². The number of rotatable bonds is 7. The first-order chi connectivity index (χ1) is 12.1. The molecule has 0 spiro atoms. The number of urea groups is 1. The summed E-state index contributed by atoms with van der Waals surface area (Å²) in [4.78, 5) is 24.1. The van der Waals surface area contributed by atoms with Crippen molar-refractivity contribution in [1.82, 2.24) is 10.6 Å². The van der Waals surface area contributed by atoms with Gasteiger partial charge >= 0.3 is 6.03 Å². The maximum atomic E-state index is 12.4. The third-order valence-electron chi connectivity index (χ3n) is 4.21. The van der Waals surface area contributed by atoms with Gasteiger partial charge in [-0.3, -0.25) is 10.1 Å². The number of hydrogen-bond acceptors (Lipinski definition) is 3. The van der Waals surface area contributed by atoms with Crippen molar-refractivity contribution in [3.63, 3.8) is 0 Å². The van der Waals surface area contributed by atoms with Gasteiger partial charge in [0.15, 0.2) is 0 Å². The molecule has 1 aliphatic rings. The lowest BCUT2D eigenvalue weighted by Gasteiger charge is -2.26. The number of carbonyl (C=O) groups excluding carboxylic acids is 2. The van der Waals surface area contributed by atoms with Gasteiger partial charge in [-0.2, -0.15) is 0 Å². The van der Waals surface area contributed by atoms with E-state index in [1.807, 2.05) is 30.3 Å². The number of hydrogen-bond donors (Lipinski definition) is 2. The molecule has 1 heterocycles. The third-order valence-corrected chi connectivity index (χ3v) is 4.45. The van der Waals surface area contributed by atoms with E-state index in [1.165, 1.54) is 0 Å². The van der Waals surface area contributed by atoms with Crippen molar-refractivity contribution >= 4 is 23.5 Å². The summed E-state index contributed by atoms with van der Waals surface area (Å²) >= 11 is 6.05. The van der Waals surface area contributed by atoms with E-state index in [2.05, 4.69) is 10.6 Å². The van der Waals surface area contributed by atoms with E-state index >= 15 is 0 Å². The van der Waals surface area contributed by atoms with Crippen LogP contribution in [0.25, 0.3) is 0 Å². The van der Waals surface area contributed by atoms with Crippen LogP contribution in [0.2, 0.25) is 5.02 Å². The first-order valence-corrected chi connectivity index (χ1v) is 8.49. The van der Waals surface area contributed by atoms with Gasteiger partial charge in [0.05, 0.1) is 6.61 Å². The molecule has 0 bridgehead atoms. The van der Waals surface area contributed by atoms with E-state index in [4.69, 9.17) is 16.3 Å². The van der Waals surface area contributed by atoms with Gasteiger partial charge in [0, 0.05) is 11.6 Å². The Bertz CT molecular complexity index is 766. The van der Waals surface area contributed by atoms with E-state index in [9.17, 15) is 9.59 Å². The number of benzene rings is 2. The van der Waals surface area contributed by atoms with E-state index in [0.29, 0.717) is 36.6 Å². The Hall–Kier alpha value is -2.37. The van der Waals surface area contributed by atoms with Crippen LogP contribution in [0.15, 0.2) is 54.6 Å². The molecule has 0 saturated carbocycles. The van der Waals surface area contributed by atoms with Crippen molar-refractivity contribution in [3.8, 4) is 0 Å². The molecule has 1 saturated heterocycles. The molecule has 1 aliphatic heterocycles. The molecule has 1 fully saturated rings. The van der Waals surface area contributed by atoms with Crippen molar-refractivity contribution in [2.24, 2.45) is 0 Å². The van der Waals surface area contributed by atoms with E-state index in [1.54, 1.807) is 24.3 Å². The molecule has 130 valence electrons. The number of carbonyl (C=O) groups is 2. The molecule has 3 amide bonds. The van der Waals surface area contributed by atoms with Gasteiger partial charge < -0.3 is 10.1 Å². The number of nitrogens with one attached hydrogen (secondary N) is 2. The fraction of sp³-hybridized carbons (Fsp3) is 0.263. The van der Waals surface area contributed by atoms with Crippen molar-refractivity contribution < 1.29 is 14.3 Å². The van der Waals surface area contributed by atoms with Crippen LogP contribution in [0, 0.1) is 0 Å². The quantitative estimate of drug-likeness (QED) is 0.589. The number of imide groups is 1. The lowest BCUT2D eigenvalue weighted by atomic mass is 9.85. The zero-order valence-electron chi connectivity index (χ0n) is 13.6. The SMILES string of the molecule is O=C1NC(=O)C(CCCOCc2ccccc2)(c2cccc(Cl)c2)N1. The molecule has 2 aromatic carbocycles. The van der Waals surface area contributed by atoms with E-state index in [-0.39, 0.29) is 5.91 Å². The zero-order chi connectivity index (χ0) is 17.7. The van der Waals surface area contributed by atoms with Gasteiger partial charge in [-0.05, 0) is 36.1 Å². The first-order valence-electron chi connectivity index (χ1n) is 8.11. The van der Waals surface area contributed by atoms with Gasteiger partial charge in [-0.25, -0.2) is 4.79 Å². The van der Waals surface area contributed by atoms with Crippen molar-refractivity contribution in [2.45, 2.75) is 25.0 Å². The standard InChI is InChI=1S/C19H19ClN2O3/c20-16-9-4-8-15(12-16)19(17(23)21-18(24)22-19)10-5-11-25-13-14-6-2-1-3-7-14/h1-4,6-9,12H,5,10-11,13H2,(H2,21,22,23,24). The molecule has 2 aromatic rings. The minimum Gasteiger partial charge on any atom is -0.377 e. The smallest absolute Gasteiger partial charge is 0.322 e. The van der Waals surface area contributed by atoms with E-state index in [0.717, 1.165) is 5.56 Å². The van der Waals surface area contributed by atoms with Crippen LogP contribution in [0.1, 0.15) is 24.0 Å². The second-order valence-corrected chi connectivity index (χ2v) is 6.40. The second kappa shape index (κ2) is 7.68. The number of amides is 3. The van der Waals surface area contributed by atoms with E-state index < -0.39 is 11.6 Å². The van der Waals surface area contributed by atoms with Gasteiger partial charge in [0.1, 0.15) is 5.54 Å². The lowest BCUT2D eigenvalue weighted by Crippen LogP contribution is -2.44. The largest absolute Gasteiger partial charge is 0.377 e. The first kappa shape index (κ1) is 17.5. The fourth-order valence-corrected chi connectivity index (χ4v) is 3.16. The molecular formula is C19H19ClN2O3. The molecule has 25 heavy (non-hydrogen) atoms. The molecule has 0 aliphatic carbocycles. The fourth-order valence-electron chi connectivity index (χ4n) is 2.97. The molecule has 0 radical (unpaired) electrons. The Morgan fingerprint density at radius 1 is 1.04 bits per heavy atom. The summed E-state index contributed by atoms with van der Waals surface area (Å²) in [7, 11) is 0. The van der Waals surface area contributed by atoms with Crippen LogP contribution in [0.4, 0.5) is 4.79 Å². The van der Waals surface area contributed by atoms with Crippen LogP contribution >= 0.6 is 11.6 Å². The molecule has 5 nitrogen and oxygen atoms in total. The Balaban J connectivity index is 1.63. The second-order valence-electron chi connectivity index (χ2n) is 5.97. The van der Waals surface area contributed by atoms with Gasteiger partial charge in [0.2, 0.25) is 0 Å². The van der Waals surface area contributed by atoms with Crippen LogP contribution in [-0.2, 0) is 21.7 Å². The van der Waals surface area contributed by atoms with Crippen molar-refractivity contribution in [1.29, 1.82) is 0 Å². The predicted octanol–water partition coefficient (Wildman–Crippen LogP) is 3.37. The normalized spacial score (nSPS) is 19.6. The highest BCUT2D eigenvalue weighted by molar-refractivity contribution is 6.30. The summed E-state index contributed by atoms with van der Waals surface area (Å²) < 4.78 is 5.68. The monoisotopic (exact) mass is 358 g/mol. The summed E-state index contributed by atoms with van der Waals surface area (Å²) in [6.07, 6.45) is 1.05. The van der Waals surface area contributed by atoms with Crippen LogP contribution in [0.5, 0.6) is 0 Å². The average molecular weight is 359 g/mol. The molecular weight excluding hydrogens is 340 g/mol. The highest BCUT2D eigenvalue weighted by Crippen LogP contribution is 2.31. The Labute approximate surface area is 151 Å². The minimum absolute atomic E-state index is 0.358. The van der Waals surface area contributed by atoms with Crippen molar-refractivity contribution in [2.75, 3.05) is 6.61 Å². The highest BCUT2D eigenvalue weighted by atomic mass is 35.5. The molecule has 1 atom stereocenters. The summed E-state index contributed by atoms with van der Waals surface area (Å²) in [5.41, 5.74) is 0.670. The molecule has 3 rings (SSSR count). The number of halogens is 1. The van der Waals surface area contributed by atoms with Gasteiger partial charge in [-0.1, -0.05) is 54.1 Å². The maximum Gasteiger partial charge on any atom is 0.322 e. The highest BCUT2D eigenvalue weighted by Gasteiger charge is 2.47. The summed E-state index contributed by atoms with van der Waals surface area (Å²) in [5, 5.41) is 5.59. The number of ether oxygens (including phenoxy) is 1. The molecule has 6 heteroatoms. The predicted molar refractivity (Wildman–Crippen MR) is 95.1 cm³/mol. The maximum absolute atomic E-state index is 12.4. The minimum atomic E-state index is -1.10. The summed E-state index contributed by atoms with van der Waals surface area (Å²) in [5.74, 6) is -0.358. The lowest BCUT2D eigenvalue weighted by molar-refractivity contribution is -0.124. The summed E-state index contributed by atoms with van der Waals surface area (Å²) in [6.45, 7) is 1.00. The van der Waals surface area contributed by atoms with Crippen LogP contribution < -0.4 is 10.6 Å². The van der Waals surface area contributed by atoms with Crippen LogP contribution in [-0.4, -0.2) is 18.5 Å². The molecule has 2 N–H and O–H groups in total. The topological polar surface area (TPSA) is 67.4 Å². The van der Waals surface area contributed by atoms with Crippen LogP contribution in [0.3, 0.4) is 0 Å². The Morgan fingerprint density at radius 3 is 2.52 bits per heavy atom.